The number of nitrogens with zero attached hydrogens (tertiary/aromatic N) is 1. The summed E-state index contributed by atoms with van der Waals surface area (Å²) in [4.78, 5) is 10.7. The number of nitrogens with one attached hydrogen (secondary N) is 2. The number of benzene rings is 1. The van der Waals surface area contributed by atoms with E-state index < -0.39 is 0 Å². The highest BCUT2D eigenvalue weighted by atomic mass is 19.1. The molecule has 0 saturated heterocycles. The molecule has 0 aliphatic carbocycles. The van der Waals surface area contributed by atoms with E-state index in [0.717, 1.165) is 33.8 Å². The number of rotatable bonds is 2. The van der Waals surface area contributed by atoms with Gasteiger partial charge in [0.15, 0.2) is 0 Å². The van der Waals surface area contributed by atoms with Gasteiger partial charge in [0.2, 0.25) is 0 Å². The Kier molecular flexibility index (Phi) is 2.41. The van der Waals surface area contributed by atoms with Gasteiger partial charge in [-0.2, -0.15) is 0 Å². The molecule has 3 aromatic rings. The van der Waals surface area contributed by atoms with Gasteiger partial charge in [-0.15, -0.1) is 0 Å². The van der Waals surface area contributed by atoms with Crippen LogP contribution in [0.1, 0.15) is 11.5 Å². The fourth-order valence-corrected chi connectivity index (χ4v) is 2.14. The summed E-state index contributed by atoms with van der Waals surface area (Å²) in [6.45, 7) is 2.27. The lowest BCUT2D eigenvalue weighted by molar-refractivity contribution is 0.630. The zero-order valence-corrected chi connectivity index (χ0v) is 9.92. The Morgan fingerprint density at radius 2 is 2.11 bits per heavy atom. The number of aromatic nitrogens is 3. The van der Waals surface area contributed by atoms with E-state index in [1.165, 1.54) is 12.1 Å². The van der Waals surface area contributed by atoms with Crippen molar-refractivity contribution in [3.8, 4) is 11.4 Å². The molecule has 5 heteroatoms. The second-order valence-electron chi connectivity index (χ2n) is 4.27. The van der Waals surface area contributed by atoms with E-state index in [1.54, 1.807) is 6.07 Å². The number of aryl methyl sites for hydroxylation is 1. The van der Waals surface area contributed by atoms with E-state index in [-0.39, 0.29) is 5.82 Å². The van der Waals surface area contributed by atoms with Gasteiger partial charge in [-0.1, -0.05) is 0 Å². The highest BCUT2D eigenvalue weighted by Gasteiger charge is 2.12. The third kappa shape index (κ3) is 1.69. The van der Waals surface area contributed by atoms with Crippen LogP contribution in [0, 0.1) is 12.7 Å². The van der Waals surface area contributed by atoms with E-state index in [1.807, 2.05) is 13.0 Å². The van der Waals surface area contributed by atoms with Crippen LogP contribution < -0.4 is 5.73 Å². The molecule has 4 N–H and O–H groups in total. The fraction of sp³-hybridized carbons (Fsp3) is 0.154. The third-order valence-electron chi connectivity index (χ3n) is 2.94. The van der Waals surface area contributed by atoms with Gasteiger partial charge < -0.3 is 15.7 Å². The van der Waals surface area contributed by atoms with Crippen LogP contribution in [0.25, 0.3) is 22.3 Å². The molecule has 0 radical (unpaired) electrons. The lowest BCUT2D eigenvalue weighted by atomic mass is 10.2. The lowest BCUT2D eigenvalue weighted by Gasteiger charge is -1.95. The summed E-state index contributed by atoms with van der Waals surface area (Å²) in [5.74, 6) is 0.570. The molecule has 0 aliphatic heterocycles. The quantitative estimate of drug-likeness (QED) is 0.648. The number of hydrogen-bond donors (Lipinski definition) is 3. The first-order valence-corrected chi connectivity index (χ1v) is 5.71. The predicted molar refractivity (Wildman–Crippen MR) is 68.5 cm³/mol. The standard InChI is InChI=1S/C13H13FN4/c1-7-16-12(6-15)13(17-7)11-5-8-4-9(14)2-3-10(8)18-11/h2-5,18H,6,15H2,1H3,(H,16,17). The monoisotopic (exact) mass is 244 g/mol. The van der Waals surface area contributed by atoms with Gasteiger partial charge >= 0.3 is 0 Å². The molecule has 3 rings (SSSR count). The molecule has 0 aliphatic rings. The first-order valence-electron chi connectivity index (χ1n) is 5.71. The Balaban J connectivity index is 2.18. The molecule has 4 nitrogen and oxygen atoms in total. The largest absolute Gasteiger partial charge is 0.353 e. The molecule has 0 bridgehead atoms. The van der Waals surface area contributed by atoms with Crippen LogP contribution in [0.2, 0.25) is 0 Å². The van der Waals surface area contributed by atoms with Gasteiger partial charge in [0.1, 0.15) is 17.3 Å². The second-order valence-corrected chi connectivity index (χ2v) is 4.27. The number of aromatic amines is 2. The average Bonchev–Trinajstić information content (AvgIpc) is 2.91. The van der Waals surface area contributed by atoms with Crippen molar-refractivity contribution in [3.63, 3.8) is 0 Å². The van der Waals surface area contributed by atoms with Crippen molar-refractivity contribution < 1.29 is 4.39 Å². The van der Waals surface area contributed by atoms with Gasteiger partial charge in [-0.05, 0) is 31.2 Å². The van der Waals surface area contributed by atoms with Crippen molar-refractivity contribution >= 4 is 10.9 Å². The number of imidazole rings is 1. The van der Waals surface area contributed by atoms with Crippen molar-refractivity contribution in [1.29, 1.82) is 0 Å². The number of halogens is 1. The van der Waals surface area contributed by atoms with Gasteiger partial charge in [0.25, 0.3) is 0 Å². The Bertz CT molecular complexity index is 711. The van der Waals surface area contributed by atoms with Crippen molar-refractivity contribution in [2.75, 3.05) is 0 Å². The third-order valence-corrected chi connectivity index (χ3v) is 2.94. The minimum absolute atomic E-state index is 0.245. The molecule has 2 heterocycles. The van der Waals surface area contributed by atoms with E-state index in [2.05, 4.69) is 15.0 Å². The van der Waals surface area contributed by atoms with E-state index in [0.29, 0.717) is 6.54 Å². The van der Waals surface area contributed by atoms with Gasteiger partial charge in [-0.25, -0.2) is 9.37 Å². The second kappa shape index (κ2) is 3.96. The molecule has 1 aromatic carbocycles. The lowest BCUT2D eigenvalue weighted by Crippen LogP contribution is -1.98. The molecular formula is C13H13FN4. The maximum atomic E-state index is 13.1. The van der Waals surface area contributed by atoms with Crippen LogP contribution in [0.4, 0.5) is 4.39 Å². The number of hydrogen-bond acceptors (Lipinski definition) is 2. The summed E-state index contributed by atoms with van der Waals surface area (Å²) < 4.78 is 13.1. The Morgan fingerprint density at radius 3 is 2.89 bits per heavy atom. The molecule has 0 spiro atoms. The van der Waals surface area contributed by atoms with Crippen LogP contribution in [0.5, 0.6) is 0 Å². The molecule has 0 atom stereocenters. The highest BCUT2D eigenvalue weighted by molar-refractivity contribution is 5.85. The Hall–Kier alpha value is -2.14. The number of H-pyrrole nitrogens is 2. The SMILES string of the molecule is Cc1nc(-c2cc3cc(F)ccc3[nH]2)c(CN)[nH]1. The minimum Gasteiger partial charge on any atom is -0.353 e. The normalized spacial score (nSPS) is 11.3. The zero-order valence-electron chi connectivity index (χ0n) is 9.92. The smallest absolute Gasteiger partial charge is 0.123 e. The fourth-order valence-electron chi connectivity index (χ4n) is 2.14. The van der Waals surface area contributed by atoms with Crippen LogP contribution in [-0.2, 0) is 6.54 Å². The van der Waals surface area contributed by atoms with Crippen LogP contribution >= 0.6 is 0 Å². The van der Waals surface area contributed by atoms with Crippen LogP contribution in [0.3, 0.4) is 0 Å². The number of fused-ring (bicyclic) bond motifs is 1. The van der Waals surface area contributed by atoms with Gasteiger partial charge in [0, 0.05) is 17.4 Å². The van der Waals surface area contributed by atoms with Gasteiger partial charge in [-0.3, -0.25) is 0 Å². The molecule has 0 unspecified atom stereocenters. The highest BCUT2D eigenvalue weighted by Crippen LogP contribution is 2.25. The summed E-state index contributed by atoms with van der Waals surface area (Å²) in [5.41, 5.74) is 9.08. The molecular weight excluding hydrogens is 231 g/mol. The minimum atomic E-state index is -0.245. The van der Waals surface area contributed by atoms with Crippen LogP contribution in [0.15, 0.2) is 24.3 Å². The molecule has 0 fully saturated rings. The average molecular weight is 244 g/mol. The maximum absolute atomic E-state index is 13.1. The Morgan fingerprint density at radius 1 is 1.28 bits per heavy atom. The molecule has 18 heavy (non-hydrogen) atoms. The van der Waals surface area contributed by atoms with E-state index >= 15 is 0 Å². The van der Waals surface area contributed by atoms with E-state index in [9.17, 15) is 4.39 Å². The summed E-state index contributed by atoms with van der Waals surface area (Å²) in [6.07, 6.45) is 0. The summed E-state index contributed by atoms with van der Waals surface area (Å²) in [5, 5.41) is 0.827. The zero-order chi connectivity index (χ0) is 12.7. The van der Waals surface area contributed by atoms with Crippen molar-refractivity contribution in [3.05, 3.63) is 41.6 Å². The first-order chi connectivity index (χ1) is 8.67. The maximum Gasteiger partial charge on any atom is 0.123 e. The van der Waals surface area contributed by atoms with Gasteiger partial charge in [0.05, 0.1) is 11.4 Å². The number of nitrogens with two attached hydrogens (primary N) is 1. The summed E-state index contributed by atoms with van der Waals surface area (Å²) in [7, 11) is 0. The first kappa shape index (κ1) is 11.0. The summed E-state index contributed by atoms with van der Waals surface area (Å²) >= 11 is 0. The molecule has 92 valence electrons. The van der Waals surface area contributed by atoms with E-state index in [4.69, 9.17) is 5.73 Å². The molecule has 0 amide bonds. The van der Waals surface area contributed by atoms with Crippen molar-refractivity contribution in [1.82, 2.24) is 15.0 Å². The molecule has 0 saturated carbocycles. The Labute approximate surface area is 103 Å². The summed E-state index contributed by atoms with van der Waals surface area (Å²) in [6, 6.07) is 6.53. The topological polar surface area (TPSA) is 70.5 Å². The molecule has 2 aromatic heterocycles. The van der Waals surface area contributed by atoms with Crippen LogP contribution in [-0.4, -0.2) is 15.0 Å². The predicted octanol–water partition coefficient (Wildman–Crippen LogP) is 2.46. The van der Waals surface area contributed by atoms with Crippen molar-refractivity contribution in [2.24, 2.45) is 5.73 Å². The van der Waals surface area contributed by atoms with Crippen molar-refractivity contribution in [2.45, 2.75) is 13.5 Å².